The molecule has 1 amide bonds. The molecule has 0 radical (unpaired) electrons. The molecule has 0 aliphatic heterocycles. The van der Waals surface area contributed by atoms with Crippen LogP contribution in [0.4, 0.5) is 0 Å². The zero-order valence-electron chi connectivity index (χ0n) is 12.6. The molecule has 120 valence electrons. The summed E-state index contributed by atoms with van der Waals surface area (Å²) >= 11 is 5.95. The summed E-state index contributed by atoms with van der Waals surface area (Å²) in [5, 5.41) is 8.30. The minimum absolute atomic E-state index is 0.135. The number of rotatable bonds is 4. The third-order valence-electron chi connectivity index (χ3n) is 3.71. The molecule has 4 aromatic rings. The zero-order chi connectivity index (χ0) is 16.5. The molecule has 3 aromatic heterocycles. The maximum absolute atomic E-state index is 12.1. The number of pyridine rings is 1. The van der Waals surface area contributed by atoms with Crippen LogP contribution in [0.25, 0.3) is 16.6 Å². The first-order valence-electron chi connectivity index (χ1n) is 7.42. The van der Waals surface area contributed by atoms with Gasteiger partial charge in [-0.3, -0.25) is 4.79 Å². The largest absolute Gasteiger partial charge is 0.356 e. The first kappa shape index (κ1) is 14.7. The maximum Gasteiger partial charge on any atom is 0.226 e. The van der Waals surface area contributed by atoms with Crippen molar-refractivity contribution in [3.05, 3.63) is 65.2 Å². The molecule has 3 heterocycles. The highest BCUT2D eigenvalue weighted by molar-refractivity contribution is 6.30. The van der Waals surface area contributed by atoms with Crippen LogP contribution in [0.1, 0.15) is 11.4 Å². The summed E-state index contributed by atoms with van der Waals surface area (Å²) in [7, 11) is 0. The molecule has 0 fully saturated rings. The van der Waals surface area contributed by atoms with Crippen LogP contribution in [-0.4, -0.2) is 20.4 Å². The molecule has 0 bridgehead atoms. The Kier molecular flexibility index (Phi) is 3.66. The van der Waals surface area contributed by atoms with Crippen LogP contribution in [0.3, 0.4) is 0 Å². The molecule has 1 aromatic carbocycles. The fourth-order valence-electron chi connectivity index (χ4n) is 2.57. The SMILES string of the molecule is O=C(Cc1noc2ccccc12)NCc1cn2cc(Cl)ccc2n1. The van der Waals surface area contributed by atoms with Gasteiger partial charge in [-0.15, -0.1) is 0 Å². The van der Waals surface area contributed by atoms with Gasteiger partial charge in [0.15, 0.2) is 5.58 Å². The smallest absolute Gasteiger partial charge is 0.226 e. The summed E-state index contributed by atoms with van der Waals surface area (Å²) in [5.74, 6) is -0.135. The lowest BCUT2D eigenvalue weighted by atomic mass is 10.1. The van der Waals surface area contributed by atoms with E-state index in [0.29, 0.717) is 22.8 Å². The van der Waals surface area contributed by atoms with E-state index >= 15 is 0 Å². The van der Waals surface area contributed by atoms with Crippen LogP contribution in [-0.2, 0) is 17.8 Å². The lowest BCUT2D eigenvalue weighted by Gasteiger charge is -2.01. The van der Waals surface area contributed by atoms with Crippen LogP contribution in [0, 0.1) is 0 Å². The molecule has 0 aliphatic rings. The summed E-state index contributed by atoms with van der Waals surface area (Å²) in [5.41, 5.74) is 2.85. The van der Waals surface area contributed by atoms with Gasteiger partial charge in [-0.2, -0.15) is 0 Å². The number of carbonyl (C=O) groups is 1. The monoisotopic (exact) mass is 340 g/mol. The highest BCUT2D eigenvalue weighted by Crippen LogP contribution is 2.18. The number of fused-ring (bicyclic) bond motifs is 2. The normalized spacial score (nSPS) is 11.2. The lowest BCUT2D eigenvalue weighted by Crippen LogP contribution is -2.24. The van der Waals surface area contributed by atoms with Gasteiger partial charge in [0.05, 0.1) is 23.7 Å². The van der Waals surface area contributed by atoms with Crippen molar-refractivity contribution in [1.82, 2.24) is 19.9 Å². The van der Waals surface area contributed by atoms with Crippen molar-refractivity contribution in [3.63, 3.8) is 0 Å². The molecule has 0 saturated heterocycles. The van der Waals surface area contributed by atoms with Crippen molar-refractivity contribution in [2.24, 2.45) is 0 Å². The molecule has 0 aliphatic carbocycles. The Morgan fingerprint density at radius 2 is 2.08 bits per heavy atom. The van der Waals surface area contributed by atoms with E-state index in [0.717, 1.165) is 16.7 Å². The number of amides is 1. The van der Waals surface area contributed by atoms with Crippen LogP contribution < -0.4 is 5.32 Å². The minimum atomic E-state index is -0.135. The zero-order valence-corrected chi connectivity index (χ0v) is 13.3. The van der Waals surface area contributed by atoms with Crippen molar-refractivity contribution in [1.29, 1.82) is 0 Å². The first-order chi connectivity index (χ1) is 11.7. The summed E-state index contributed by atoms with van der Waals surface area (Å²) in [6.45, 7) is 0.341. The van der Waals surface area contributed by atoms with Crippen molar-refractivity contribution in [3.8, 4) is 0 Å². The Morgan fingerprint density at radius 3 is 3.00 bits per heavy atom. The quantitative estimate of drug-likeness (QED) is 0.620. The van der Waals surface area contributed by atoms with Gasteiger partial charge in [-0.1, -0.05) is 28.9 Å². The van der Waals surface area contributed by atoms with Gasteiger partial charge in [0, 0.05) is 17.8 Å². The average Bonchev–Trinajstić information content (AvgIpc) is 3.17. The number of carbonyl (C=O) groups excluding carboxylic acids is 1. The van der Waals surface area contributed by atoms with E-state index < -0.39 is 0 Å². The van der Waals surface area contributed by atoms with Crippen molar-refractivity contribution < 1.29 is 9.32 Å². The third-order valence-corrected chi connectivity index (χ3v) is 3.94. The molecule has 0 spiro atoms. The van der Waals surface area contributed by atoms with Crippen molar-refractivity contribution in [2.45, 2.75) is 13.0 Å². The first-order valence-corrected chi connectivity index (χ1v) is 7.80. The molecular weight excluding hydrogens is 328 g/mol. The van der Waals surface area contributed by atoms with Gasteiger partial charge in [-0.05, 0) is 24.3 Å². The predicted octanol–water partition coefficient (Wildman–Crippen LogP) is 2.99. The molecule has 0 unspecified atom stereocenters. The third kappa shape index (κ3) is 2.83. The van der Waals surface area contributed by atoms with Gasteiger partial charge in [0.1, 0.15) is 11.3 Å². The number of nitrogens with zero attached hydrogens (tertiary/aromatic N) is 3. The Morgan fingerprint density at radius 1 is 1.21 bits per heavy atom. The number of benzene rings is 1. The standard InChI is InChI=1S/C17H13ClN4O2/c18-11-5-6-16-20-12(10-22(16)9-11)8-19-17(23)7-14-13-3-1-2-4-15(13)24-21-14/h1-6,9-10H,7-8H2,(H,19,23). The van der Waals surface area contributed by atoms with Crippen molar-refractivity contribution in [2.75, 3.05) is 0 Å². The molecule has 24 heavy (non-hydrogen) atoms. The lowest BCUT2D eigenvalue weighted by molar-refractivity contribution is -0.120. The van der Waals surface area contributed by atoms with E-state index in [-0.39, 0.29) is 12.3 Å². The number of hydrogen-bond acceptors (Lipinski definition) is 4. The molecule has 6 nitrogen and oxygen atoms in total. The summed E-state index contributed by atoms with van der Waals surface area (Å²) < 4.78 is 7.03. The number of para-hydroxylation sites is 1. The fourth-order valence-corrected chi connectivity index (χ4v) is 2.74. The van der Waals surface area contributed by atoms with E-state index in [1.165, 1.54) is 0 Å². The van der Waals surface area contributed by atoms with Gasteiger partial charge >= 0.3 is 0 Å². The molecular formula is C17H13ClN4O2. The molecule has 0 atom stereocenters. The minimum Gasteiger partial charge on any atom is -0.356 e. The Labute approximate surface area is 142 Å². The highest BCUT2D eigenvalue weighted by Gasteiger charge is 2.12. The summed E-state index contributed by atoms with van der Waals surface area (Å²) in [6, 6.07) is 11.1. The Hall–Kier alpha value is -2.86. The van der Waals surface area contributed by atoms with Crippen LogP contribution in [0.2, 0.25) is 5.02 Å². The second kappa shape index (κ2) is 5.98. The molecule has 4 rings (SSSR count). The van der Waals surface area contributed by atoms with Gasteiger partial charge in [0.25, 0.3) is 0 Å². The van der Waals surface area contributed by atoms with E-state index in [4.69, 9.17) is 16.1 Å². The average molecular weight is 341 g/mol. The van der Waals surface area contributed by atoms with E-state index in [1.807, 2.05) is 40.9 Å². The molecule has 7 heteroatoms. The topological polar surface area (TPSA) is 72.4 Å². The Bertz CT molecular complexity index is 1040. The highest BCUT2D eigenvalue weighted by atomic mass is 35.5. The van der Waals surface area contributed by atoms with Crippen LogP contribution in [0.15, 0.2) is 53.3 Å². The van der Waals surface area contributed by atoms with E-state index in [1.54, 1.807) is 12.3 Å². The van der Waals surface area contributed by atoms with Crippen LogP contribution in [0.5, 0.6) is 0 Å². The van der Waals surface area contributed by atoms with Gasteiger partial charge < -0.3 is 14.2 Å². The summed E-state index contributed by atoms with van der Waals surface area (Å²) in [6.07, 6.45) is 3.78. The van der Waals surface area contributed by atoms with Crippen LogP contribution >= 0.6 is 11.6 Å². The van der Waals surface area contributed by atoms with E-state index in [9.17, 15) is 4.79 Å². The van der Waals surface area contributed by atoms with E-state index in [2.05, 4.69) is 15.5 Å². The fraction of sp³-hybridized carbons (Fsp3) is 0.118. The predicted molar refractivity (Wildman–Crippen MR) is 89.8 cm³/mol. The van der Waals surface area contributed by atoms with Crippen molar-refractivity contribution >= 4 is 34.1 Å². The maximum atomic E-state index is 12.1. The number of imidazole rings is 1. The van der Waals surface area contributed by atoms with Gasteiger partial charge in [-0.25, -0.2) is 4.98 Å². The number of aromatic nitrogens is 3. The number of hydrogen-bond donors (Lipinski definition) is 1. The van der Waals surface area contributed by atoms with Gasteiger partial charge in [0.2, 0.25) is 5.91 Å². The second-order valence-corrected chi connectivity index (χ2v) is 5.86. The molecule has 0 saturated carbocycles. The Balaban J connectivity index is 1.44. The summed E-state index contributed by atoms with van der Waals surface area (Å²) in [4.78, 5) is 16.6. The molecule has 1 N–H and O–H groups in total. The number of nitrogens with one attached hydrogen (secondary N) is 1. The number of halogens is 1. The second-order valence-electron chi connectivity index (χ2n) is 5.42.